The van der Waals surface area contributed by atoms with Crippen molar-refractivity contribution in [2.45, 2.75) is 12.3 Å². The maximum atomic E-state index is 12.1. The SMILES string of the molecule is CSCc1noc(CNC(=O)c2cn(-c3ccccc3)nn2)n1. The normalized spacial score (nSPS) is 10.7. The lowest BCUT2D eigenvalue weighted by molar-refractivity contribution is 0.0941. The van der Waals surface area contributed by atoms with E-state index < -0.39 is 0 Å². The van der Waals surface area contributed by atoms with Gasteiger partial charge in [0.25, 0.3) is 5.91 Å². The van der Waals surface area contributed by atoms with Crippen molar-refractivity contribution in [3.63, 3.8) is 0 Å². The molecule has 2 heterocycles. The maximum Gasteiger partial charge on any atom is 0.273 e. The largest absolute Gasteiger partial charge is 0.342 e. The molecule has 0 saturated carbocycles. The van der Waals surface area contributed by atoms with Gasteiger partial charge in [-0.05, 0) is 18.4 Å². The van der Waals surface area contributed by atoms with E-state index in [2.05, 4.69) is 25.8 Å². The quantitative estimate of drug-likeness (QED) is 0.730. The second-order valence-corrected chi connectivity index (χ2v) is 5.47. The molecule has 3 rings (SSSR count). The second kappa shape index (κ2) is 7.05. The summed E-state index contributed by atoms with van der Waals surface area (Å²) in [6.07, 6.45) is 3.52. The molecule has 0 atom stereocenters. The van der Waals surface area contributed by atoms with Gasteiger partial charge in [0.1, 0.15) is 0 Å². The van der Waals surface area contributed by atoms with Gasteiger partial charge < -0.3 is 9.84 Å². The maximum absolute atomic E-state index is 12.1. The molecule has 0 aliphatic carbocycles. The first-order valence-corrected chi connectivity index (χ1v) is 8.22. The summed E-state index contributed by atoms with van der Waals surface area (Å²) in [6.45, 7) is 0.151. The highest BCUT2D eigenvalue weighted by Crippen LogP contribution is 2.07. The van der Waals surface area contributed by atoms with E-state index >= 15 is 0 Å². The summed E-state index contributed by atoms with van der Waals surface area (Å²) in [7, 11) is 0. The van der Waals surface area contributed by atoms with Crippen LogP contribution in [0.25, 0.3) is 5.69 Å². The minimum atomic E-state index is -0.350. The number of thioether (sulfide) groups is 1. The molecule has 0 fully saturated rings. The van der Waals surface area contributed by atoms with Crippen LogP contribution >= 0.6 is 11.8 Å². The number of amides is 1. The number of carbonyl (C=O) groups is 1. The molecular weight excluding hydrogens is 316 g/mol. The van der Waals surface area contributed by atoms with Crippen molar-refractivity contribution >= 4 is 17.7 Å². The van der Waals surface area contributed by atoms with Crippen LogP contribution in [-0.4, -0.2) is 37.3 Å². The number of para-hydroxylation sites is 1. The average molecular weight is 330 g/mol. The van der Waals surface area contributed by atoms with Gasteiger partial charge in [-0.25, -0.2) is 4.68 Å². The van der Waals surface area contributed by atoms with E-state index in [-0.39, 0.29) is 18.1 Å². The lowest BCUT2D eigenvalue weighted by Gasteiger charge is -1.98. The van der Waals surface area contributed by atoms with Gasteiger partial charge in [0.15, 0.2) is 11.5 Å². The molecule has 8 nitrogen and oxygen atoms in total. The van der Waals surface area contributed by atoms with E-state index in [4.69, 9.17) is 4.52 Å². The number of benzene rings is 1. The Balaban J connectivity index is 1.61. The van der Waals surface area contributed by atoms with Crippen molar-refractivity contribution in [2.24, 2.45) is 0 Å². The summed E-state index contributed by atoms with van der Waals surface area (Å²) in [5.74, 6) is 1.29. The summed E-state index contributed by atoms with van der Waals surface area (Å²) in [6, 6.07) is 9.44. The Bertz CT molecular complexity index is 785. The Morgan fingerprint density at radius 1 is 1.35 bits per heavy atom. The first-order chi connectivity index (χ1) is 11.3. The van der Waals surface area contributed by atoms with E-state index in [0.29, 0.717) is 17.5 Å². The summed E-state index contributed by atoms with van der Waals surface area (Å²) in [5.41, 5.74) is 1.05. The molecule has 1 N–H and O–H groups in total. The van der Waals surface area contributed by atoms with Crippen LogP contribution in [0.1, 0.15) is 22.2 Å². The smallest absolute Gasteiger partial charge is 0.273 e. The number of aromatic nitrogens is 5. The van der Waals surface area contributed by atoms with E-state index in [0.717, 1.165) is 5.69 Å². The van der Waals surface area contributed by atoms with Crippen molar-refractivity contribution in [2.75, 3.05) is 6.26 Å². The predicted molar refractivity (Wildman–Crippen MR) is 84.0 cm³/mol. The fourth-order valence-electron chi connectivity index (χ4n) is 1.87. The van der Waals surface area contributed by atoms with E-state index in [1.165, 1.54) is 4.68 Å². The molecule has 1 amide bonds. The molecule has 0 unspecified atom stereocenters. The predicted octanol–water partition coefficient (Wildman–Crippen LogP) is 1.44. The van der Waals surface area contributed by atoms with Crippen LogP contribution in [0, 0.1) is 0 Å². The van der Waals surface area contributed by atoms with E-state index in [1.54, 1.807) is 18.0 Å². The lowest BCUT2D eigenvalue weighted by atomic mass is 10.3. The third kappa shape index (κ3) is 3.75. The standard InChI is InChI=1S/C14H14N6O2S/c1-23-9-12-16-13(22-18-12)7-15-14(21)11-8-20(19-17-11)10-5-3-2-4-6-10/h2-6,8H,7,9H2,1H3,(H,15,21). The second-order valence-electron chi connectivity index (χ2n) is 4.60. The zero-order chi connectivity index (χ0) is 16.1. The number of hydrogen-bond acceptors (Lipinski definition) is 7. The Labute approximate surface area is 136 Å². The van der Waals surface area contributed by atoms with E-state index in [9.17, 15) is 4.79 Å². The van der Waals surface area contributed by atoms with Gasteiger partial charge in [-0.2, -0.15) is 16.7 Å². The molecule has 118 valence electrons. The zero-order valence-corrected chi connectivity index (χ0v) is 13.2. The van der Waals surface area contributed by atoms with Gasteiger partial charge in [-0.1, -0.05) is 28.6 Å². The minimum Gasteiger partial charge on any atom is -0.342 e. The van der Waals surface area contributed by atoms with E-state index in [1.807, 2.05) is 36.6 Å². The summed E-state index contributed by atoms with van der Waals surface area (Å²) < 4.78 is 6.59. The van der Waals surface area contributed by atoms with Gasteiger partial charge in [0, 0.05) is 0 Å². The van der Waals surface area contributed by atoms with Gasteiger partial charge >= 0.3 is 0 Å². The van der Waals surface area contributed by atoms with Gasteiger partial charge in [0.05, 0.1) is 24.2 Å². The number of carbonyl (C=O) groups excluding carboxylic acids is 1. The van der Waals surface area contributed by atoms with Gasteiger partial charge in [-0.15, -0.1) is 5.10 Å². The topological polar surface area (TPSA) is 98.7 Å². The first-order valence-electron chi connectivity index (χ1n) is 6.82. The van der Waals surface area contributed by atoms with Crippen LogP contribution in [0.5, 0.6) is 0 Å². The number of nitrogens with one attached hydrogen (secondary N) is 1. The number of rotatable bonds is 6. The molecule has 23 heavy (non-hydrogen) atoms. The Morgan fingerprint density at radius 3 is 2.96 bits per heavy atom. The highest BCUT2D eigenvalue weighted by Gasteiger charge is 2.13. The van der Waals surface area contributed by atoms with Crippen molar-refractivity contribution in [1.29, 1.82) is 0 Å². The summed E-state index contributed by atoms with van der Waals surface area (Å²) >= 11 is 1.60. The van der Waals surface area contributed by atoms with Crippen LogP contribution in [0.15, 0.2) is 41.1 Å². The third-order valence-electron chi connectivity index (χ3n) is 2.93. The monoisotopic (exact) mass is 330 g/mol. The molecule has 3 aromatic rings. The summed E-state index contributed by atoms with van der Waals surface area (Å²) in [5, 5.41) is 14.3. The van der Waals surface area contributed by atoms with Crippen LogP contribution in [-0.2, 0) is 12.3 Å². The molecule has 0 bridgehead atoms. The number of hydrogen-bond donors (Lipinski definition) is 1. The van der Waals surface area contributed by atoms with Gasteiger partial charge in [-0.3, -0.25) is 4.79 Å². The Hall–Kier alpha value is -2.68. The molecule has 0 saturated heterocycles. The molecule has 0 spiro atoms. The molecule has 1 aromatic carbocycles. The van der Waals surface area contributed by atoms with Crippen molar-refractivity contribution in [3.8, 4) is 5.69 Å². The van der Waals surface area contributed by atoms with Crippen LogP contribution in [0.3, 0.4) is 0 Å². The molecular formula is C14H14N6O2S. The van der Waals surface area contributed by atoms with Crippen LogP contribution in [0.2, 0.25) is 0 Å². The minimum absolute atomic E-state index is 0.151. The molecule has 2 aromatic heterocycles. The van der Waals surface area contributed by atoms with Crippen LogP contribution in [0.4, 0.5) is 0 Å². The van der Waals surface area contributed by atoms with Gasteiger partial charge in [0.2, 0.25) is 5.89 Å². The Kier molecular flexibility index (Phi) is 4.67. The fourth-order valence-corrected chi connectivity index (χ4v) is 2.25. The third-order valence-corrected chi connectivity index (χ3v) is 3.48. The fraction of sp³-hybridized carbons (Fsp3) is 0.214. The summed E-state index contributed by atoms with van der Waals surface area (Å²) in [4.78, 5) is 16.2. The average Bonchev–Trinajstić information content (AvgIpc) is 3.23. The molecule has 0 aliphatic rings. The first kappa shape index (κ1) is 15.2. The highest BCUT2D eigenvalue weighted by molar-refractivity contribution is 7.97. The van der Waals surface area contributed by atoms with Crippen LogP contribution < -0.4 is 5.32 Å². The Morgan fingerprint density at radius 2 is 2.17 bits per heavy atom. The lowest BCUT2D eigenvalue weighted by Crippen LogP contribution is -2.23. The molecule has 9 heteroatoms. The molecule has 0 aliphatic heterocycles. The van der Waals surface area contributed by atoms with Crippen molar-refractivity contribution < 1.29 is 9.32 Å². The highest BCUT2D eigenvalue weighted by atomic mass is 32.2. The number of nitrogens with zero attached hydrogens (tertiary/aromatic N) is 5. The van der Waals surface area contributed by atoms with Crippen molar-refractivity contribution in [3.05, 3.63) is 53.9 Å². The van der Waals surface area contributed by atoms with Crippen molar-refractivity contribution in [1.82, 2.24) is 30.5 Å². The zero-order valence-electron chi connectivity index (χ0n) is 12.3. The molecule has 0 radical (unpaired) electrons.